The van der Waals surface area contributed by atoms with Gasteiger partial charge in [-0.25, -0.2) is 0 Å². The number of unbranched alkanes of at least 4 members (excludes halogenated alkanes) is 2. The predicted octanol–water partition coefficient (Wildman–Crippen LogP) is 5.63. The minimum Gasteiger partial charge on any atom is -0.0721 e. The van der Waals surface area contributed by atoms with Gasteiger partial charge in [-0.05, 0) is 43.3 Å². The van der Waals surface area contributed by atoms with Crippen molar-refractivity contribution in [3.63, 3.8) is 0 Å². The molecule has 1 saturated carbocycles. The molecule has 1 aliphatic carbocycles. The Morgan fingerprint density at radius 1 is 1.00 bits per heavy atom. The van der Waals surface area contributed by atoms with Crippen LogP contribution in [0, 0.1) is 6.92 Å². The Hall–Kier alpha value is -0.350. The average molecular weight is 276 g/mol. The minimum atomic E-state index is 0.102. The summed E-state index contributed by atoms with van der Waals surface area (Å²) in [6.45, 7) is 4.51. The molecule has 0 aromatic heterocycles. The highest BCUT2D eigenvalue weighted by Crippen LogP contribution is 2.47. The first-order chi connectivity index (χ1) is 9.31. The lowest BCUT2D eigenvalue weighted by Gasteiger charge is -2.31. The summed E-state index contributed by atoms with van der Waals surface area (Å²) in [7, 11) is 0.102. The summed E-state index contributed by atoms with van der Waals surface area (Å²) in [4.78, 5) is 0. The third kappa shape index (κ3) is 4.60. The Balaban J connectivity index is 2.05. The molecule has 0 N–H and O–H groups in total. The van der Waals surface area contributed by atoms with E-state index in [-0.39, 0.29) is 7.92 Å². The van der Waals surface area contributed by atoms with Gasteiger partial charge in [-0.15, -0.1) is 0 Å². The van der Waals surface area contributed by atoms with Crippen LogP contribution in [0.25, 0.3) is 0 Å². The molecule has 1 fully saturated rings. The molecule has 1 heteroatoms. The monoisotopic (exact) mass is 276 g/mol. The number of aryl methyl sites for hydroxylation is 1. The lowest BCUT2D eigenvalue weighted by molar-refractivity contribution is 0.511. The zero-order valence-corrected chi connectivity index (χ0v) is 13.6. The van der Waals surface area contributed by atoms with Crippen molar-refractivity contribution in [3.05, 3.63) is 29.8 Å². The molecule has 0 saturated heterocycles. The fourth-order valence-corrected chi connectivity index (χ4v) is 6.31. The molecule has 0 nitrogen and oxygen atoms in total. The van der Waals surface area contributed by atoms with Crippen LogP contribution in [0.2, 0.25) is 0 Å². The summed E-state index contributed by atoms with van der Waals surface area (Å²) in [5.41, 5.74) is 2.42. The van der Waals surface area contributed by atoms with E-state index in [1.165, 1.54) is 63.1 Å². The lowest BCUT2D eigenvalue weighted by atomic mass is 10.0. The van der Waals surface area contributed by atoms with Crippen LogP contribution in [0.1, 0.15) is 63.9 Å². The molecule has 1 aromatic rings. The average Bonchev–Trinajstić information content (AvgIpc) is 2.46. The van der Waals surface area contributed by atoms with Crippen molar-refractivity contribution in [2.24, 2.45) is 0 Å². The minimum absolute atomic E-state index is 0.102. The predicted molar refractivity (Wildman–Crippen MR) is 89.0 cm³/mol. The van der Waals surface area contributed by atoms with E-state index in [9.17, 15) is 0 Å². The maximum atomic E-state index is 2.42. The number of benzene rings is 1. The van der Waals surface area contributed by atoms with Gasteiger partial charge in [0.15, 0.2) is 0 Å². The summed E-state index contributed by atoms with van der Waals surface area (Å²) in [5, 5.41) is 1.67. The van der Waals surface area contributed by atoms with Crippen LogP contribution in [-0.4, -0.2) is 11.8 Å². The molecule has 1 atom stereocenters. The van der Waals surface area contributed by atoms with Gasteiger partial charge in [0, 0.05) is 0 Å². The molecule has 1 aliphatic rings. The van der Waals surface area contributed by atoms with Crippen LogP contribution in [0.15, 0.2) is 24.3 Å². The molecule has 2 rings (SSSR count). The van der Waals surface area contributed by atoms with Crippen molar-refractivity contribution in [1.82, 2.24) is 0 Å². The Morgan fingerprint density at radius 3 is 2.32 bits per heavy atom. The van der Waals surface area contributed by atoms with Crippen LogP contribution in [0.4, 0.5) is 0 Å². The normalized spacial score (nSPS) is 18.4. The summed E-state index contributed by atoms with van der Waals surface area (Å²) < 4.78 is 0. The van der Waals surface area contributed by atoms with E-state index in [1.54, 1.807) is 5.30 Å². The van der Waals surface area contributed by atoms with Crippen molar-refractivity contribution in [1.29, 1.82) is 0 Å². The van der Waals surface area contributed by atoms with Crippen LogP contribution in [-0.2, 0) is 0 Å². The highest BCUT2D eigenvalue weighted by molar-refractivity contribution is 7.66. The fourth-order valence-electron chi connectivity index (χ4n) is 3.18. The second kappa shape index (κ2) is 8.05. The first-order valence-corrected chi connectivity index (χ1v) is 9.74. The Morgan fingerprint density at radius 2 is 1.68 bits per heavy atom. The van der Waals surface area contributed by atoms with Crippen LogP contribution >= 0.6 is 7.92 Å². The van der Waals surface area contributed by atoms with Gasteiger partial charge in [-0.2, -0.15) is 0 Å². The summed E-state index contributed by atoms with van der Waals surface area (Å²) >= 11 is 0. The molecule has 19 heavy (non-hydrogen) atoms. The topological polar surface area (TPSA) is 0 Å². The highest BCUT2D eigenvalue weighted by atomic mass is 31.1. The first kappa shape index (κ1) is 15.0. The summed E-state index contributed by atoms with van der Waals surface area (Å²) in [5.74, 6) is 0. The zero-order valence-electron chi connectivity index (χ0n) is 12.7. The van der Waals surface area contributed by atoms with Gasteiger partial charge in [-0.1, -0.05) is 76.8 Å². The zero-order chi connectivity index (χ0) is 13.5. The van der Waals surface area contributed by atoms with Gasteiger partial charge in [0.05, 0.1) is 0 Å². The Labute approximate surface area is 120 Å². The van der Waals surface area contributed by atoms with Crippen LogP contribution in [0.5, 0.6) is 0 Å². The van der Waals surface area contributed by atoms with E-state index in [1.807, 2.05) is 0 Å². The SMILES string of the molecule is CCCCCP(c1ccc(C)cc1)C1CCCCC1. The first-order valence-electron chi connectivity index (χ1n) is 8.14. The standard InChI is InChI=1S/C18H29P/c1-3-4-8-15-19(17-9-6-5-7-10-17)18-13-11-16(2)12-14-18/h11-14,17H,3-10,15H2,1-2H3. The van der Waals surface area contributed by atoms with Gasteiger partial charge in [0.2, 0.25) is 0 Å². The van der Waals surface area contributed by atoms with Crippen molar-refractivity contribution in [3.8, 4) is 0 Å². The van der Waals surface area contributed by atoms with E-state index < -0.39 is 0 Å². The molecule has 0 spiro atoms. The molecule has 0 heterocycles. The maximum absolute atomic E-state index is 2.42. The van der Waals surface area contributed by atoms with Gasteiger partial charge in [0.1, 0.15) is 0 Å². The molecule has 1 aromatic carbocycles. The third-order valence-corrected chi connectivity index (χ3v) is 7.54. The van der Waals surface area contributed by atoms with E-state index in [2.05, 4.69) is 38.1 Å². The van der Waals surface area contributed by atoms with Crippen LogP contribution in [0.3, 0.4) is 0 Å². The largest absolute Gasteiger partial charge is 0.0721 e. The molecule has 0 aliphatic heterocycles. The van der Waals surface area contributed by atoms with Crippen molar-refractivity contribution >= 4 is 13.2 Å². The second-order valence-corrected chi connectivity index (χ2v) is 8.66. The van der Waals surface area contributed by atoms with Gasteiger partial charge in [-0.3, -0.25) is 0 Å². The van der Waals surface area contributed by atoms with Gasteiger partial charge < -0.3 is 0 Å². The lowest BCUT2D eigenvalue weighted by Crippen LogP contribution is -2.19. The van der Waals surface area contributed by atoms with E-state index in [0.717, 1.165) is 5.66 Å². The van der Waals surface area contributed by atoms with Crippen molar-refractivity contribution in [2.45, 2.75) is 70.9 Å². The number of hydrogen-bond acceptors (Lipinski definition) is 0. The number of rotatable bonds is 6. The third-order valence-electron chi connectivity index (χ3n) is 4.38. The summed E-state index contributed by atoms with van der Waals surface area (Å²) in [6, 6.07) is 9.46. The van der Waals surface area contributed by atoms with E-state index in [4.69, 9.17) is 0 Å². The second-order valence-electron chi connectivity index (χ2n) is 6.03. The molecule has 0 amide bonds. The smallest absolute Gasteiger partial charge is 0.0169 e. The van der Waals surface area contributed by atoms with Crippen LogP contribution < -0.4 is 5.30 Å². The highest BCUT2D eigenvalue weighted by Gasteiger charge is 2.23. The number of hydrogen-bond donors (Lipinski definition) is 0. The Bertz CT molecular complexity index is 348. The molecule has 0 bridgehead atoms. The molecular weight excluding hydrogens is 247 g/mol. The van der Waals surface area contributed by atoms with Gasteiger partial charge in [0.25, 0.3) is 0 Å². The van der Waals surface area contributed by atoms with Gasteiger partial charge >= 0.3 is 0 Å². The van der Waals surface area contributed by atoms with E-state index in [0.29, 0.717) is 0 Å². The quantitative estimate of drug-likeness (QED) is 0.467. The molecule has 106 valence electrons. The van der Waals surface area contributed by atoms with E-state index >= 15 is 0 Å². The molecule has 1 unspecified atom stereocenters. The summed E-state index contributed by atoms with van der Waals surface area (Å²) in [6.07, 6.45) is 13.1. The molecular formula is C18H29P. The van der Waals surface area contributed by atoms with Crippen molar-refractivity contribution in [2.75, 3.05) is 6.16 Å². The molecule has 0 radical (unpaired) electrons. The maximum Gasteiger partial charge on any atom is -0.0169 e. The Kier molecular flexibility index (Phi) is 6.38. The van der Waals surface area contributed by atoms with Crippen molar-refractivity contribution < 1.29 is 0 Å². The fraction of sp³-hybridized carbons (Fsp3) is 0.667.